The highest BCUT2D eigenvalue weighted by atomic mass is 16.5. The van der Waals surface area contributed by atoms with Gasteiger partial charge < -0.3 is 10.1 Å². The lowest BCUT2D eigenvalue weighted by molar-refractivity contribution is 0.0374. The minimum atomic E-state index is -0.113. The predicted octanol–water partition coefficient (Wildman–Crippen LogP) is 0.114. The SMILES string of the molecule is O=C(NCCCN1CCOCC1)c1ccccc1-n1cnnn1. The number of nitrogens with one attached hydrogen (secondary N) is 1. The van der Waals surface area contributed by atoms with Crippen molar-refractivity contribution in [1.82, 2.24) is 30.4 Å². The van der Waals surface area contributed by atoms with Crippen molar-refractivity contribution in [2.45, 2.75) is 6.42 Å². The molecular weight excluding hydrogens is 296 g/mol. The van der Waals surface area contributed by atoms with Crippen LogP contribution >= 0.6 is 0 Å². The minimum Gasteiger partial charge on any atom is -0.379 e. The highest BCUT2D eigenvalue weighted by Gasteiger charge is 2.13. The number of aromatic nitrogens is 4. The van der Waals surface area contributed by atoms with Crippen LogP contribution in [-0.2, 0) is 4.74 Å². The summed E-state index contributed by atoms with van der Waals surface area (Å²) in [5.41, 5.74) is 1.23. The molecule has 0 aliphatic carbocycles. The molecule has 122 valence electrons. The van der Waals surface area contributed by atoms with Gasteiger partial charge in [0.05, 0.1) is 24.5 Å². The Hall–Kier alpha value is -2.32. The Morgan fingerprint density at radius 2 is 2.09 bits per heavy atom. The van der Waals surface area contributed by atoms with Crippen LogP contribution in [0.2, 0.25) is 0 Å². The molecule has 0 unspecified atom stereocenters. The lowest BCUT2D eigenvalue weighted by atomic mass is 10.1. The van der Waals surface area contributed by atoms with Crippen LogP contribution in [-0.4, -0.2) is 70.4 Å². The lowest BCUT2D eigenvalue weighted by Crippen LogP contribution is -2.38. The van der Waals surface area contributed by atoms with E-state index in [-0.39, 0.29) is 5.91 Å². The fourth-order valence-electron chi connectivity index (χ4n) is 2.56. The van der Waals surface area contributed by atoms with E-state index < -0.39 is 0 Å². The third-order valence-electron chi connectivity index (χ3n) is 3.78. The Morgan fingerprint density at radius 3 is 2.87 bits per heavy atom. The highest BCUT2D eigenvalue weighted by Crippen LogP contribution is 2.12. The summed E-state index contributed by atoms with van der Waals surface area (Å²) in [5, 5.41) is 14.0. The summed E-state index contributed by atoms with van der Waals surface area (Å²) in [6.07, 6.45) is 2.39. The number of morpholine rings is 1. The molecule has 8 nitrogen and oxygen atoms in total. The Bertz CT molecular complexity index is 625. The van der Waals surface area contributed by atoms with Crippen LogP contribution in [0.15, 0.2) is 30.6 Å². The number of ether oxygens (including phenoxy) is 1. The van der Waals surface area contributed by atoms with E-state index in [0.29, 0.717) is 17.8 Å². The van der Waals surface area contributed by atoms with Crippen LogP contribution in [0.3, 0.4) is 0 Å². The molecule has 3 rings (SSSR count). The topological polar surface area (TPSA) is 85.2 Å². The van der Waals surface area contributed by atoms with Gasteiger partial charge in [-0.1, -0.05) is 12.1 Å². The third-order valence-corrected chi connectivity index (χ3v) is 3.78. The number of amides is 1. The van der Waals surface area contributed by atoms with E-state index in [1.165, 1.54) is 11.0 Å². The largest absolute Gasteiger partial charge is 0.379 e. The second-order valence-electron chi connectivity index (χ2n) is 5.34. The Labute approximate surface area is 134 Å². The van der Waals surface area contributed by atoms with Crippen molar-refractivity contribution in [3.05, 3.63) is 36.2 Å². The average Bonchev–Trinajstić information content (AvgIpc) is 3.14. The molecule has 0 bridgehead atoms. The molecule has 8 heteroatoms. The first-order chi connectivity index (χ1) is 11.3. The van der Waals surface area contributed by atoms with Gasteiger partial charge in [-0.3, -0.25) is 9.69 Å². The maximum atomic E-state index is 12.4. The van der Waals surface area contributed by atoms with E-state index in [0.717, 1.165) is 39.3 Å². The molecule has 1 aliphatic rings. The molecule has 0 saturated carbocycles. The number of rotatable bonds is 6. The standard InChI is InChI=1S/C15H20N6O2/c22-15(16-6-3-7-20-8-10-23-11-9-20)13-4-1-2-5-14(13)21-12-17-18-19-21/h1-2,4-5,12H,3,6-11H2,(H,16,22). The molecule has 0 radical (unpaired) electrons. The van der Waals surface area contributed by atoms with Crippen molar-refractivity contribution < 1.29 is 9.53 Å². The van der Waals surface area contributed by atoms with Gasteiger partial charge in [0.15, 0.2) is 0 Å². The Balaban J connectivity index is 1.52. The molecule has 0 atom stereocenters. The fraction of sp³-hybridized carbons (Fsp3) is 0.467. The summed E-state index contributed by atoms with van der Waals surface area (Å²) in [5.74, 6) is -0.113. The maximum absolute atomic E-state index is 12.4. The monoisotopic (exact) mass is 316 g/mol. The number of benzene rings is 1. The second kappa shape index (κ2) is 7.80. The molecule has 0 spiro atoms. The van der Waals surface area contributed by atoms with Gasteiger partial charge in [-0.2, -0.15) is 4.68 Å². The van der Waals surface area contributed by atoms with E-state index in [2.05, 4.69) is 25.7 Å². The van der Waals surface area contributed by atoms with Crippen molar-refractivity contribution in [1.29, 1.82) is 0 Å². The van der Waals surface area contributed by atoms with Crippen molar-refractivity contribution >= 4 is 5.91 Å². The van der Waals surface area contributed by atoms with Crippen LogP contribution in [0.4, 0.5) is 0 Å². The van der Waals surface area contributed by atoms with E-state index >= 15 is 0 Å². The number of tetrazole rings is 1. The molecule has 1 aliphatic heterocycles. The fourth-order valence-corrected chi connectivity index (χ4v) is 2.56. The zero-order valence-electron chi connectivity index (χ0n) is 12.9. The van der Waals surface area contributed by atoms with E-state index in [1.807, 2.05) is 18.2 Å². The average molecular weight is 316 g/mol. The summed E-state index contributed by atoms with van der Waals surface area (Å²) in [7, 11) is 0. The molecule has 2 heterocycles. The highest BCUT2D eigenvalue weighted by molar-refractivity contribution is 5.97. The number of para-hydroxylation sites is 1. The Morgan fingerprint density at radius 1 is 1.26 bits per heavy atom. The van der Waals surface area contributed by atoms with E-state index in [9.17, 15) is 4.79 Å². The molecule has 1 aromatic heterocycles. The quantitative estimate of drug-likeness (QED) is 0.762. The molecule has 23 heavy (non-hydrogen) atoms. The van der Waals surface area contributed by atoms with Gasteiger partial charge in [0, 0.05) is 19.6 Å². The van der Waals surface area contributed by atoms with Gasteiger partial charge >= 0.3 is 0 Å². The van der Waals surface area contributed by atoms with Crippen molar-refractivity contribution in [2.75, 3.05) is 39.4 Å². The number of carbonyl (C=O) groups is 1. The minimum absolute atomic E-state index is 0.113. The van der Waals surface area contributed by atoms with Gasteiger partial charge in [0.2, 0.25) is 0 Å². The zero-order chi connectivity index (χ0) is 15.9. The van der Waals surface area contributed by atoms with Gasteiger partial charge in [0.1, 0.15) is 6.33 Å². The van der Waals surface area contributed by atoms with Gasteiger partial charge in [-0.25, -0.2) is 0 Å². The number of hydrogen-bond acceptors (Lipinski definition) is 6. The van der Waals surface area contributed by atoms with Crippen molar-refractivity contribution in [3.63, 3.8) is 0 Å². The summed E-state index contributed by atoms with van der Waals surface area (Å²) in [6.45, 7) is 5.14. The summed E-state index contributed by atoms with van der Waals surface area (Å²) < 4.78 is 6.81. The van der Waals surface area contributed by atoms with Crippen LogP contribution in [0.5, 0.6) is 0 Å². The molecule has 1 aromatic carbocycles. The first kappa shape index (κ1) is 15.6. The second-order valence-corrected chi connectivity index (χ2v) is 5.34. The smallest absolute Gasteiger partial charge is 0.253 e. The molecule has 2 aromatic rings. The summed E-state index contributed by atoms with van der Waals surface area (Å²) >= 11 is 0. The van der Waals surface area contributed by atoms with E-state index in [1.54, 1.807) is 6.07 Å². The van der Waals surface area contributed by atoms with Crippen molar-refractivity contribution in [2.24, 2.45) is 0 Å². The zero-order valence-corrected chi connectivity index (χ0v) is 12.9. The third kappa shape index (κ3) is 4.11. The van der Waals surface area contributed by atoms with E-state index in [4.69, 9.17) is 4.74 Å². The van der Waals surface area contributed by atoms with Crippen LogP contribution in [0.25, 0.3) is 5.69 Å². The van der Waals surface area contributed by atoms with Crippen LogP contribution < -0.4 is 5.32 Å². The Kier molecular flexibility index (Phi) is 5.28. The van der Waals surface area contributed by atoms with Gasteiger partial charge in [-0.05, 0) is 35.5 Å². The normalized spacial score (nSPS) is 15.5. The lowest BCUT2D eigenvalue weighted by Gasteiger charge is -2.26. The number of hydrogen-bond donors (Lipinski definition) is 1. The maximum Gasteiger partial charge on any atom is 0.253 e. The molecule has 1 amide bonds. The number of nitrogens with zero attached hydrogens (tertiary/aromatic N) is 5. The number of carbonyl (C=O) groups excluding carboxylic acids is 1. The van der Waals surface area contributed by atoms with Crippen LogP contribution in [0, 0.1) is 0 Å². The first-order valence-corrected chi connectivity index (χ1v) is 7.75. The van der Waals surface area contributed by atoms with Crippen molar-refractivity contribution in [3.8, 4) is 5.69 Å². The first-order valence-electron chi connectivity index (χ1n) is 7.75. The summed E-state index contributed by atoms with van der Waals surface area (Å²) in [4.78, 5) is 14.7. The molecule has 1 N–H and O–H groups in total. The van der Waals surface area contributed by atoms with Crippen LogP contribution in [0.1, 0.15) is 16.8 Å². The van der Waals surface area contributed by atoms with Gasteiger partial charge in [0.25, 0.3) is 5.91 Å². The van der Waals surface area contributed by atoms with Gasteiger partial charge in [-0.15, -0.1) is 5.10 Å². The molecular formula is C15H20N6O2. The predicted molar refractivity (Wildman–Crippen MR) is 83.4 cm³/mol. The molecule has 1 saturated heterocycles. The molecule has 1 fully saturated rings. The summed E-state index contributed by atoms with van der Waals surface area (Å²) in [6, 6.07) is 7.27.